The van der Waals surface area contributed by atoms with Crippen molar-refractivity contribution in [2.75, 3.05) is 11.9 Å². The van der Waals surface area contributed by atoms with Crippen molar-refractivity contribution in [3.8, 4) is 0 Å². The molecule has 2 aromatic heterocycles. The van der Waals surface area contributed by atoms with Crippen LogP contribution in [-0.4, -0.2) is 20.8 Å². The van der Waals surface area contributed by atoms with E-state index in [0.29, 0.717) is 5.65 Å². The van der Waals surface area contributed by atoms with Gasteiger partial charge in [-0.25, -0.2) is 9.29 Å². The zero-order valence-electron chi connectivity index (χ0n) is 13.0. The number of pyridine rings is 2. The van der Waals surface area contributed by atoms with Crippen LogP contribution in [0.25, 0.3) is 11.0 Å². The number of aromatic nitrogens is 2. The van der Waals surface area contributed by atoms with E-state index < -0.39 is 0 Å². The summed E-state index contributed by atoms with van der Waals surface area (Å²) in [6.07, 6.45) is 2.68. The standard InChI is InChI=1S/C17H17N5OS/c18-24-22-8-6-11-9-13(2-1-12(11)10-22)20-15-5-7-19-17-14(15)3-4-16(23)21-17/h1-5,7,9H,6,8,10,18H2,(H2,19,20,21,23). The number of H-pyrrole nitrogens is 1. The van der Waals surface area contributed by atoms with Crippen molar-refractivity contribution in [3.63, 3.8) is 0 Å². The van der Waals surface area contributed by atoms with E-state index in [0.717, 1.165) is 36.3 Å². The number of rotatable bonds is 3. The van der Waals surface area contributed by atoms with E-state index in [4.69, 9.17) is 5.14 Å². The second-order valence-electron chi connectivity index (χ2n) is 5.77. The second kappa shape index (κ2) is 6.27. The number of aromatic amines is 1. The van der Waals surface area contributed by atoms with Gasteiger partial charge in [-0.2, -0.15) is 0 Å². The van der Waals surface area contributed by atoms with E-state index >= 15 is 0 Å². The molecular formula is C17H17N5OS. The van der Waals surface area contributed by atoms with Crippen molar-refractivity contribution in [3.05, 3.63) is 64.1 Å². The van der Waals surface area contributed by atoms with Gasteiger partial charge in [0.1, 0.15) is 5.65 Å². The van der Waals surface area contributed by atoms with E-state index in [1.54, 1.807) is 12.3 Å². The summed E-state index contributed by atoms with van der Waals surface area (Å²) in [6.45, 7) is 1.83. The lowest BCUT2D eigenvalue weighted by Gasteiger charge is -2.26. The highest BCUT2D eigenvalue weighted by molar-refractivity contribution is 7.94. The monoisotopic (exact) mass is 339 g/mol. The highest BCUT2D eigenvalue weighted by Gasteiger charge is 2.16. The molecule has 7 heteroatoms. The largest absolute Gasteiger partial charge is 0.355 e. The van der Waals surface area contributed by atoms with Crippen molar-refractivity contribution in [1.29, 1.82) is 0 Å². The molecule has 0 radical (unpaired) electrons. The van der Waals surface area contributed by atoms with Crippen LogP contribution >= 0.6 is 12.1 Å². The molecular weight excluding hydrogens is 322 g/mol. The Morgan fingerprint density at radius 1 is 1.21 bits per heavy atom. The molecule has 122 valence electrons. The fourth-order valence-corrected chi connectivity index (χ4v) is 3.43. The molecule has 0 fully saturated rings. The predicted molar refractivity (Wildman–Crippen MR) is 98.0 cm³/mol. The highest BCUT2D eigenvalue weighted by Crippen LogP contribution is 2.28. The summed E-state index contributed by atoms with van der Waals surface area (Å²) in [5, 5.41) is 9.98. The zero-order valence-corrected chi connectivity index (χ0v) is 13.8. The molecule has 3 aromatic rings. The van der Waals surface area contributed by atoms with Gasteiger partial charge in [0.2, 0.25) is 5.56 Å². The van der Waals surface area contributed by atoms with Crippen LogP contribution in [0.1, 0.15) is 11.1 Å². The van der Waals surface area contributed by atoms with Crippen molar-refractivity contribution < 1.29 is 0 Å². The average molecular weight is 339 g/mol. The Morgan fingerprint density at radius 2 is 2.12 bits per heavy atom. The number of benzene rings is 1. The minimum Gasteiger partial charge on any atom is -0.355 e. The van der Waals surface area contributed by atoms with Gasteiger partial charge in [-0.3, -0.25) is 9.93 Å². The van der Waals surface area contributed by atoms with E-state index in [9.17, 15) is 4.79 Å². The molecule has 6 nitrogen and oxygen atoms in total. The van der Waals surface area contributed by atoms with Crippen LogP contribution in [0.4, 0.5) is 11.4 Å². The molecule has 1 aromatic carbocycles. The summed E-state index contributed by atoms with van der Waals surface area (Å²) in [4.78, 5) is 18.4. The van der Waals surface area contributed by atoms with Crippen molar-refractivity contribution in [2.24, 2.45) is 5.14 Å². The van der Waals surface area contributed by atoms with Crippen LogP contribution in [-0.2, 0) is 13.0 Å². The van der Waals surface area contributed by atoms with Crippen molar-refractivity contribution >= 4 is 34.5 Å². The van der Waals surface area contributed by atoms with Crippen molar-refractivity contribution in [2.45, 2.75) is 13.0 Å². The van der Waals surface area contributed by atoms with Gasteiger partial charge in [-0.1, -0.05) is 6.07 Å². The third-order valence-corrected chi connectivity index (χ3v) is 4.85. The molecule has 4 rings (SSSR count). The first-order valence-electron chi connectivity index (χ1n) is 7.71. The predicted octanol–water partition coefficient (Wildman–Crippen LogP) is 2.55. The molecule has 0 spiro atoms. The quantitative estimate of drug-likeness (QED) is 0.636. The smallest absolute Gasteiger partial charge is 0.249 e. The number of nitrogens with zero attached hydrogens (tertiary/aromatic N) is 2. The lowest BCUT2D eigenvalue weighted by atomic mass is 10.0. The SMILES string of the molecule is NSN1CCc2cc(Nc3ccnc4[nH]c(=O)ccc34)ccc2C1. The van der Waals surface area contributed by atoms with Crippen LogP contribution in [0.15, 0.2) is 47.4 Å². The summed E-state index contributed by atoms with van der Waals surface area (Å²) >= 11 is 1.30. The maximum Gasteiger partial charge on any atom is 0.249 e. The molecule has 0 unspecified atom stereocenters. The number of nitrogens with two attached hydrogens (primary N) is 1. The van der Waals surface area contributed by atoms with E-state index in [1.165, 1.54) is 29.3 Å². The Morgan fingerprint density at radius 3 is 3.00 bits per heavy atom. The number of fused-ring (bicyclic) bond motifs is 2. The first-order valence-corrected chi connectivity index (χ1v) is 8.55. The molecule has 1 aliphatic rings. The topological polar surface area (TPSA) is 87.0 Å². The molecule has 4 N–H and O–H groups in total. The summed E-state index contributed by atoms with van der Waals surface area (Å²) in [6, 6.07) is 11.6. The molecule has 3 heterocycles. The fraction of sp³-hybridized carbons (Fsp3) is 0.176. The van der Waals surface area contributed by atoms with E-state index in [1.807, 2.05) is 6.07 Å². The summed E-state index contributed by atoms with van der Waals surface area (Å²) < 4.78 is 2.15. The van der Waals surface area contributed by atoms with Crippen LogP contribution < -0.4 is 16.0 Å². The molecule has 1 aliphatic heterocycles. The second-order valence-corrected chi connectivity index (χ2v) is 6.50. The van der Waals surface area contributed by atoms with Crippen LogP contribution in [0.2, 0.25) is 0 Å². The zero-order chi connectivity index (χ0) is 16.5. The Labute approximate surface area is 143 Å². The van der Waals surface area contributed by atoms with Crippen LogP contribution in [0.3, 0.4) is 0 Å². The van der Waals surface area contributed by atoms with E-state index in [2.05, 4.69) is 37.8 Å². The van der Waals surface area contributed by atoms with Crippen molar-refractivity contribution in [1.82, 2.24) is 14.3 Å². The third kappa shape index (κ3) is 2.89. The molecule has 0 aliphatic carbocycles. The maximum absolute atomic E-state index is 11.4. The first kappa shape index (κ1) is 15.2. The number of hydrogen-bond acceptors (Lipinski definition) is 6. The van der Waals surface area contributed by atoms with Gasteiger partial charge in [0.15, 0.2) is 0 Å². The molecule has 24 heavy (non-hydrogen) atoms. The number of hydrogen-bond donors (Lipinski definition) is 3. The summed E-state index contributed by atoms with van der Waals surface area (Å²) in [5.74, 6) is 0. The van der Waals surface area contributed by atoms with Gasteiger partial charge in [-0.15, -0.1) is 0 Å². The van der Waals surface area contributed by atoms with Gasteiger partial charge in [0, 0.05) is 48.6 Å². The lowest BCUT2D eigenvalue weighted by Crippen LogP contribution is -2.26. The van der Waals surface area contributed by atoms with Gasteiger partial charge in [0.25, 0.3) is 0 Å². The third-order valence-electron chi connectivity index (χ3n) is 4.24. The lowest BCUT2D eigenvalue weighted by molar-refractivity contribution is 0.445. The Kier molecular flexibility index (Phi) is 3.97. The van der Waals surface area contributed by atoms with Gasteiger partial charge in [0.05, 0.1) is 5.69 Å². The normalized spacial score (nSPS) is 14.5. The molecule has 0 amide bonds. The maximum atomic E-state index is 11.4. The first-order chi connectivity index (χ1) is 11.7. The fourth-order valence-electron chi connectivity index (χ4n) is 3.02. The number of anilines is 2. The Hall–Kier alpha value is -2.35. The minimum absolute atomic E-state index is 0.150. The van der Waals surface area contributed by atoms with Crippen LogP contribution in [0, 0.1) is 0 Å². The highest BCUT2D eigenvalue weighted by atomic mass is 32.2. The molecule has 0 saturated carbocycles. The molecule has 0 atom stereocenters. The van der Waals surface area contributed by atoms with Gasteiger partial charge < -0.3 is 10.3 Å². The Balaban J connectivity index is 1.66. The number of nitrogens with one attached hydrogen (secondary N) is 2. The van der Waals surface area contributed by atoms with Crippen LogP contribution in [0.5, 0.6) is 0 Å². The summed E-state index contributed by atoms with van der Waals surface area (Å²) in [7, 11) is 0. The Bertz CT molecular complexity index is 955. The minimum atomic E-state index is -0.150. The van der Waals surface area contributed by atoms with Gasteiger partial charge >= 0.3 is 0 Å². The summed E-state index contributed by atoms with van der Waals surface area (Å²) in [5.41, 5.74) is 5.04. The average Bonchev–Trinajstić information content (AvgIpc) is 2.61. The molecule has 0 saturated heterocycles. The van der Waals surface area contributed by atoms with E-state index in [-0.39, 0.29) is 5.56 Å². The van der Waals surface area contributed by atoms with Gasteiger partial charge in [-0.05, 0) is 41.8 Å². The molecule has 0 bridgehead atoms.